The molecule has 0 amide bonds. The number of Topliss-reactive ketones (excluding diaryl/α,β-unsaturated/α-hetero) is 1. The lowest BCUT2D eigenvalue weighted by Crippen LogP contribution is -2.15. The van der Waals surface area contributed by atoms with Crippen LogP contribution < -0.4 is 0 Å². The number of benzene rings is 1. The van der Waals surface area contributed by atoms with Crippen molar-refractivity contribution in [1.82, 2.24) is 0 Å². The highest BCUT2D eigenvalue weighted by Crippen LogP contribution is 1.97. The Kier molecular flexibility index (Phi) is 7.44. The van der Waals surface area contributed by atoms with Crippen molar-refractivity contribution in [2.45, 2.75) is 13.0 Å². The van der Waals surface area contributed by atoms with E-state index in [1.165, 1.54) is 0 Å². The number of aliphatic hydroxyl groups is 3. The van der Waals surface area contributed by atoms with Crippen molar-refractivity contribution in [2.24, 2.45) is 0 Å². The van der Waals surface area contributed by atoms with Gasteiger partial charge < -0.3 is 15.3 Å². The number of carbonyl (C=O) groups excluding carboxylic acids is 1. The molecule has 0 radical (unpaired) electrons. The van der Waals surface area contributed by atoms with Crippen molar-refractivity contribution in [2.75, 3.05) is 13.2 Å². The van der Waals surface area contributed by atoms with Crippen LogP contribution in [0.1, 0.15) is 17.3 Å². The number of hydrogen-bond acceptors (Lipinski definition) is 4. The van der Waals surface area contributed by atoms with Gasteiger partial charge in [0.2, 0.25) is 0 Å². The third-order valence-electron chi connectivity index (χ3n) is 1.60. The zero-order chi connectivity index (χ0) is 11.7. The molecule has 4 nitrogen and oxygen atoms in total. The smallest absolute Gasteiger partial charge is 0.159 e. The number of ketones is 1. The predicted molar refractivity (Wildman–Crippen MR) is 56.6 cm³/mol. The van der Waals surface area contributed by atoms with E-state index in [1.54, 1.807) is 6.92 Å². The maximum atomic E-state index is 10.6. The van der Waals surface area contributed by atoms with Crippen LogP contribution in [-0.2, 0) is 0 Å². The second-order valence-corrected chi connectivity index (χ2v) is 2.94. The molecule has 0 bridgehead atoms. The van der Waals surface area contributed by atoms with Gasteiger partial charge in [-0.2, -0.15) is 0 Å². The van der Waals surface area contributed by atoms with Crippen LogP contribution in [0.15, 0.2) is 30.3 Å². The third kappa shape index (κ3) is 6.79. The van der Waals surface area contributed by atoms with Gasteiger partial charge in [-0.05, 0) is 6.92 Å². The normalized spacial score (nSPS) is 9.40. The van der Waals surface area contributed by atoms with Gasteiger partial charge in [-0.15, -0.1) is 0 Å². The first-order valence-corrected chi connectivity index (χ1v) is 4.57. The molecule has 3 N–H and O–H groups in total. The van der Waals surface area contributed by atoms with Crippen LogP contribution in [0.3, 0.4) is 0 Å². The van der Waals surface area contributed by atoms with Crippen LogP contribution in [0.4, 0.5) is 0 Å². The van der Waals surface area contributed by atoms with Gasteiger partial charge in [-0.3, -0.25) is 4.79 Å². The molecule has 1 aromatic carbocycles. The van der Waals surface area contributed by atoms with Crippen molar-refractivity contribution in [3.05, 3.63) is 35.9 Å². The van der Waals surface area contributed by atoms with Gasteiger partial charge in [-0.25, -0.2) is 0 Å². The minimum Gasteiger partial charge on any atom is -0.394 e. The quantitative estimate of drug-likeness (QED) is 0.626. The van der Waals surface area contributed by atoms with Crippen LogP contribution in [0.5, 0.6) is 0 Å². The lowest BCUT2D eigenvalue weighted by atomic mass is 10.2. The van der Waals surface area contributed by atoms with Crippen molar-refractivity contribution >= 4 is 5.78 Å². The summed E-state index contributed by atoms with van der Waals surface area (Å²) < 4.78 is 0. The van der Waals surface area contributed by atoms with Gasteiger partial charge in [-0.1, -0.05) is 30.3 Å². The standard InChI is InChI=1S/C8H8O.C3H8O3/c1-7(9)8-5-3-2-4-6-8;4-1-3(6)2-5/h2-6H,1H3;3-6H,1-2H2. The summed E-state index contributed by atoms with van der Waals surface area (Å²) in [5.41, 5.74) is 0.775. The Hall–Kier alpha value is -1.23. The van der Waals surface area contributed by atoms with Gasteiger partial charge in [0.15, 0.2) is 5.78 Å². The summed E-state index contributed by atoms with van der Waals surface area (Å²) in [7, 11) is 0. The molecule has 0 aliphatic heterocycles. The number of aliphatic hydroxyl groups excluding tert-OH is 3. The fourth-order valence-electron chi connectivity index (χ4n) is 0.731. The van der Waals surface area contributed by atoms with Crippen molar-refractivity contribution in [1.29, 1.82) is 0 Å². The van der Waals surface area contributed by atoms with Gasteiger partial charge >= 0.3 is 0 Å². The summed E-state index contributed by atoms with van der Waals surface area (Å²) in [4.78, 5) is 10.6. The largest absolute Gasteiger partial charge is 0.394 e. The van der Waals surface area contributed by atoms with E-state index in [9.17, 15) is 4.79 Å². The van der Waals surface area contributed by atoms with Crippen molar-refractivity contribution in [3.63, 3.8) is 0 Å². The average molecular weight is 212 g/mol. The lowest BCUT2D eigenvalue weighted by molar-refractivity contribution is 0.0450. The molecule has 0 spiro atoms. The molecule has 1 rings (SSSR count). The van der Waals surface area contributed by atoms with Gasteiger partial charge in [0.1, 0.15) is 6.10 Å². The minimum absolute atomic E-state index is 0.121. The summed E-state index contributed by atoms with van der Waals surface area (Å²) in [6.45, 7) is 0.836. The summed E-state index contributed by atoms with van der Waals surface area (Å²) in [5.74, 6) is 0.121. The second-order valence-electron chi connectivity index (χ2n) is 2.94. The van der Waals surface area contributed by atoms with Crippen LogP contribution in [-0.4, -0.2) is 40.4 Å². The molecule has 0 heterocycles. The van der Waals surface area contributed by atoms with Gasteiger partial charge in [0, 0.05) is 5.56 Å². The summed E-state index contributed by atoms with van der Waals surface area (Å²) in [6, 6.07) is 9.23. The van der Waals surface area contributed by atoms with E-state index in [-0.39, 0.29) is 19.0 Å². The Bertz CT molecular complexity index is 267. The van der Waals surface area contributed by atoms with Crippen LogP contribution in [0.25, 0.3) is 0 Å². The van der Waals surface area contributed by atoms with Gasteiger partial charge in [0.25, 0.3) is 0 Å². The molecular weight excluding hydrogens is 196 g/mol. The molecule has 0 unspecified atom stereocenters. The summed E-state index contributed by atoms with van der Waals surface area (Å²) in [6.07, 6.45) is -0.954. The fraction of sp³-hybridized carbons (Fsp3) is 0.364. The molecule has 84 valence electrons. The summed E-state index contributed by atoms with van der Waals surface area (Å²) in [5, 5.41) is 24.0. The highest BCUT2D eigenvalue weighted by Gasteiger charge is 1.94. The van der Waals surface area contributed by atoms with E-state index < -0.39 is 6.10 Å². The number of rotatable bonds is 3. The van der Waals surface area contributed by atoms with Crippen LogP contribution >= 0.6 is 0 Å². The van der Waals surface area contributed by atoms with E-state index in [4.69, 9.17) is 15.3 Å². The highest BCUT2D eigenvalue weighted by molar-refractivity contribution is 5.93. The fourth-order valence-corrected chi connectivity index (χ4v) is 0.731. The minimum atomic E-state index is -0.954. The Balaban J connectivity index is 0.000000288. The maximum absolute atomic E-state index is 10.6. The molecule has 0 saturated carbocycles. The molecule has 0 aliphatic carbocycles. The second kappa shape index (κ2) is 8.11. The molecule has 15 heavy (non-hydrogen) atoms. The van der Waals surface area contributed by atoms with E-state index in [0.29, 0.717) is 0 Å². The Morgan fingerprint density at radius 2 is 1.67 bits per heavy atom. The van der Waals surface area contributed by atoms with Crippen LogP contribution in [0.2, 0.25) is 0 Å². The zero-order valence-corrected chi connectivity index (χ0v) is 8.63. The van der Waals surface area contributed by atoms with Crippen LogP contribution in [0, 0.1) is 0 Å². The predicted octanol–water partition coefficient (Wildman–Crippen LogP) is 0.221. The molecule has 0 atom stereocenters. The topological polar surface area (TPSA) is 77.8 Å². The molecule has 0 aromatic heterocycles. The first-order valence-electron chi connectivity index (χ1n) is 4.57. The third-order valence-corrected chi connectivity index (χ3v) is 1.60. The molecule has 0 saturated heterocycles. The maximum Gasteiger partial charge on any atom is 0.159 e. The number of carbonyl (C=O) groups is 1. The monoisotopic (exact) mass is 212 g/mol. The van der Waals surface area contributed by atoms with Crippen molar-refractivity contribution < 1.29 is 20.1 Å². The summed E-state index contributed by atoms with van der Waals surface area (Å²) >= 11 is 0. The molecule has 0 aliphatic rings. The Morgan fingerprint density at radius 1 is 1.20 bits per heavy atom. The highest BCUT2D eigenvalue weighted by atomic mass is 16.3. The molecule has 1 aromatic rings. The van der Waals surface area contributed by atoms with E-state index in [0.717, 1.165) is 5.56 Å². The van der Waals surface area contributed by atoms with Crippen molar-refractivity contribution in [3.8, 4) is 0 Å². The Morgan fingerprint density at radius 3 is 1.87 bits per heavy atom. The first-order chi connectivity index (χ1) is 7.11. The van der Waals surface area contributed by atoms with E-state index in [2.05, 4.69) is 0 Å². The number of hydrogen-bond donors (Lipinski definition) is 3. The SMILES string of the molecule is CC(=O)c1ccccc1.OCC(O)CO. The Labute approximate surface area is 88.8 Å². The average Bonchev–Trinajstić information content (AvgIpc) is 2.30. The first kappa shape index (κ1) is 13.8. The lowest BCUT2D eigenvalue weighted by Gasteiger charge is -1.96. The molecular formula is C11H16O4. The zero-order valence-electron chi connectivity index (χ0n) is 8.63. The molecule has 4 heteroatoms. The van der Waals surface area contributed by atoms with E-state index >= 15 is 0 Å². The van der Waals surface area contributed by atoms with Gasteiger partial charge in [0.05, 0.1) is 13.2 Å². The molecule has 0 fully saturated rings. The van der Waals surface area contributed by atoms with E-state index in [1.807, 2.05) is 30.3 Å².